The topological polar surface area (TPSA) is 0 Å². The third-order valence-electron chi connectivity index (χ3n) is 3.19. The normalized spacial score (nSPS) is 9.52. The van der Waals surface area contributed by atoms with Crippen molar-refractivity contribution in [1.82, 2.24) is 0 Å². The second-order valence-corrected chi connectivity index (χ2v) is 12.4. The zero-order valence-corrected chi connectivity index (χ0v) is 16.1. The average molecular weight is 398 g/mol. The van der Waals surface area contributed by atoms with Crippen LogP contribution in [0.3, 0.4) is 0 Å². The molecule has 0 aliphatic carbocycles. The summed E-state index contributed by atoms with van der Waals surface area (Å²) in [7, 11) is 14.9. The zero-order chi connectivity index (χ0) is 16.5. The van der Waals surface area contributed by atoms with Gasteiger partial charge in [-0.1, -0.05) is 114 Å². The molecule has 3 rings (SSSR count). The molecule has 0 spiro atoms. The molecule has 0 aliphatic heterocycles. The van der Waals surface area contributed by atoms with E-state index in [1.807, 2.05) is 0 Å². The summed E-state index contributed by atoms with van der Waals surface area (Å²) >= 11 is -1.92. The van der Waals surface area contributed by atoms with Crippen molar-refractivity contribution in [2.45, 2.75) is 0 Å². The van der Waals surface area contributed by atoms with Crippen LogP contribution in [0.1, 0.15) is 16.7 Å². The minimum Gasteiger partial charge on any atom is -0.0999 e. The summed E-state index contributed by atoms with van der Waals surface area (Å²) in [5, 5.41) is 0. The van der Waals surface area contributed by atoms with Gasteiger partial charge in [0.05, 0.1) is 0 Å². The van der Waals surface area contributed by atoms with Crippen molar-refractivity contribution >= 4 is 27.9 Å². The maximum atomic E-state index is 4.97. The van der Waals surface area contributed by atoms with Crippen LogP contribution in [0.4, 0.5) is 0 Å². The van der Waals surface area contributed by atoms with Gasteiger partial charge >= 0.3 is 42.6 Å². The van der Waals surface area contributed by atoms with E-state index in [-0.39, 0.29) is 0 Å². The van der Waals surface area contributed by atoms with Gasteiger partial charge in [-0.05, 0) is 0 Å². The van der Waals surface area contributed by atoms with Crippen molar-refractivity contribution in [3.05, 3.63) is 114 Å². The Labute approximate surface area is 155 Å². The minimum absolute atomic E-state index is 1.25. The van der Waals surface area contributed by atoms with Crippen molar-refractivity contribution in [1.29, 1.82) is 0 Å². The van der Waals surface area contributed by atoms with E-state index in [4.69, 9.17) is 27.9 Å². The average Bonchev–Trinajstić information content (AvgIpc) is 2.58. The summed E-state index contributed by atoms with van der Waals surface area (Å²) in [6.07, 6.45) is 0. The largest absolute Gasteiger partial charge is 0.0999 e. The Morgan fingerprint density at radius 1 is 0.478 bits per heavy atom. The van der Waals surface area contributed by atoms with Crippen LogP contribution >= 0.6 is 27.9 Å². The van der Waals surface area contributed by atoms with E-state index < -0.39 is 14.7 Å². The molecule has 0 saturated carbocycles. The van der Waals surface area contributed by atoms with Gasteiger partial charge in [0.25, 0.3) is 0 Å². The van der Waals surface area contributed by atoms with Gasteiger partial charge in [0, 0.05) is 0 Å². The van der Waals surface area contributed by atoms with Crippen molar-refractivity contribution in [2.24, 2.45) is 0 Å². The van der Waals surface area contributed by atoms with Crippen LogP contribution < -0.4 is 0 Å². The summed E-state index contributed by atoms with van der Waals surface area (Å²) in [4.78, 5) is 0. The first kappa shape index (κ1) is 18.5. The molecule has 0 nitrogen and oxygen atoms in total. The van der Waals surface area contributed by atoms with Gasteiger partial charge in [-0.3, -0.25) is 0 Å². The molecule has 0 unspecified atom stereocenters. The smallest absolute Gasteiger partial charge is 0.0710 e. The van der Waals surface area contributed by atoms with E-state index in [2.05, 4.69) is 91.0 Å². The second kappa shape index (κ2) is 10.1. The Hall–Kier alpha value is -0.886. The van der Waals surface area contributed by atoms with E-state index >= 15 is 0 Å². The fourth-order valence-electron chi connectivity index (χ4n) is 2.31. The van der Waals surface area contributed by atoms with Crippen LogP contribution in [0.5, 0.6) is 0 Å². The first-order chi connectivity index (χ1) is 11.2. The van der Waals surface area contributed by atoms with E-state index in [1.54, 1.807) is 0 Å². The molecule has 0 atom stereocenters. The molecule has 0 bridgehead atoms. The van der Waals surface area contributed by atoms with Gasteiger partial charge < -0.3 is 0 Å². The zero-order valence-electron chi connectivity index (χ0n) is 12.3. The molecule has 0 radical (unpaired) electrons. The third kappa shape index (κ3) is 6.26. The Kier molecular flexibility index (Phi) is 8.09. The fourth-order valence-corrected chi connectivity index (χ4v) is 2.31. The van der Waals surface area contributed by atoms with Gasteiger partial charge in [-0.2, -0.15) is 0 Å². The molecular weight excluding hydrogens is 382 g/mol. The van der Waals surface area contributed by atoms with E-state index in [1.165, 1.54) is 22.6 Å². The van der Waals surface area contributed by atoms with Crippen LogP contribution in [0.15, 0.2) is 91.0 Å². The van der Waals surface area contributed by atoms with Crippen LogP contribution in [-0.4, -0.2) is 0 Å². The molecule has 0 N–H and O–H groups in total. The summed E-state index contributed by atoms with van der Waals surface area (Å²) < 4.78 is 0. The molecule has 0 aliphatic rings. The van der Waals surface area contributed by atoms with Gasteiger partial charge in [0.2, 0.25) is 0 Å². The quantitative estimate of drug-likeness (QED) is 0.260. The molecular formula is C19H15Cl3Ti. The molecule has 116 valence electrons. The number of benzene rings is 3. The number of rotatable bonds is 3. The van der Waals surface area contributed by atoms with Crippen LogP contribution in [0.25, 0.3) is 0 Å². The van der Waals surface area contributed by atoms with Gasteiger partial charge in [-0.15, -0.1) is 0 Å². The van der Waals surface area contributed by atoms with Crippen LogP contribution in [0, 0.1) is 5.92 Å². The van der Waals surface area contributed by atoms with E-state index in [0.717, 1.165) is 0 Å². The monoisotopic (exact) mass is 396 g/mol. The van der Waals surface area contributed by atoms with Crippen LogP contribution in [0.2, 0.25) is 0 Å². The Bertz CT molecular complexity index is 576. The van der Waals surface area contributed by atoms with Crippen molar-refractivity contribution < 1.29 is 14.7 Å². The first-order valence-corrected chi connectivity index (χ1v) is 13.5. The van der Waals surface area contributed by atoms with Crippen LogP contribution in [-0.2, 0) is 14.7 Å². The molecule has 0 fully saturated rings. The predicted octanol–water partition coefficient (Wildman–Crippen LogP) is 6.77. The summed E-state index contributed by atoms with van der Waals surface area (Å²) in [5.74, 6) is 1.28. The van der Waals surface area contributed by atoms with Crippen molar-refractivity contribution in [3.8, 4) is 0 Å². The molecule has 3 aromatic rings. The minimum atomic E-state index is -1.92. The van der Waals surface area contributed by atoms with Gasteiger partial charge in [-0.25, -0.2) is 0 Å². The van der Waals surface area contributed by atoms with E-state index in [9.17, 15) is 0 Å². The Balaban J connectivity index is 0.000000433. The Morgan fingerprint density at radius 2 is 0.696 bits per heavy atom. The van der Waals surface area contributed by atoms with Crippen molar-refractivity contribution in [2.75, 3.05) is 0 Å². The second-order valence-electron chi connectivity index (χ2n) is 4.69. The number of halogens is 3. The Morgan fingerprint density at radius 3 is 0.913 bits per heavy atom. The van der Waals surface area contributed by atoms with Gasteiger partial charge in [0.15, 0.2) is 0 Å². The molecule has 3 aromatic carbocycles. The molecule has 0 heterocycles. The fraction of sp³-hybridized carbons (Fsp3) is 0. The molecule has 0 aromatic heterocycles. The van der Waals surface area contributed by atoms with Gasteiger partial charge in [0.1, 0.15) is 0 Å². The number of hydrogen-bond acceptors (Lipinski definition) is 0. The molecule has 4 heteroatoms. The summed E-state index contributed by atoms with van der Waals surface area (Å²) in [6.45, 7) is 0. The maximum Gasteiger partial charge on any atom is -0.0710 e. The number of hydrogen-bond donors (Lipinski definition) is 0. The summed E-state index contributed by atoms with van der Waals surface area (Å²) in [5.41, 5.74) is 3.75. The van der Waals surface area contributed by atoms with Crippen molar-refractivity contribution in [3.63, 3.8) is 0 Å². The molecule has 0 amide bonds. The maximum absolute atomic E-state index is 4.97. The molecule has 0 saturated heterocycles. The SMILES string of the molecule is [Cl][Ti+]([Cl])[Cl].c1ccc([C-](c2ccccc2)c2ccccc2)cc1. The third-order valence-corrected chi connectivity index (χ3v) is 3.19. The van der Waals surface area contributed by atoms with E-state index in [0.29, 0.717) is 0 Å². The molecule has 23 heavy (non-hydrogen) atoms. The summed E-state index contributed by atoms with van der Waals surface area (Å²) in [6, 6.07) is 31.6. The predicted molar refractivity (Wildman–Crippen MR) is 97.4 cm³/mol. The first-order valence-electron chi connectivity index (χ1n) is 7.05. The standard InChI is InChI=1S/C19H15.3ClH.Ti/c1-4-10-16(11-5-1)19(17-12-6-2-7-13-17)18-14-8-3-9-15-18;;;;/h1-15H;3*1H;/q-1;;;;+4/p-3.